The first-order valence-corrected chi connectivity index (χ1v) is 11.7. The molecule has 3 rings (SSSR count). The molecule has 1 amide bonds. The molecule has 2 aromatic carbocycles. The van der Waals surface area contributed by atoms with Gasteiger partial charge in [-0.05, 0) is 71.1 Å². The van der Waals surface area contributed by atoms with E-state index in [1.807, 2.05) is 4.90 Å². The fraction of sp³-hybridized carbons (Fsp3) is 0.391. The molecule has 3 aromatic rings. The maximum Gasteiger partial charge on any atom is 0.239 e. The maximum absolute atomic E-state index is 13.2. The Morgan fingerprint density at radius 1 is 1.00 bits per heavy atom. The second-order valence-electron chi connectivity index (χ2n) is 7.68. The molecule has 0 aliphatic heterocycles. The minimum absolute atomic E-state index is 0. The van der Waals surface area contributed by atoms with Gasteiger partial charge in [-0.25, -0.2) is 4.98 Å². The van der Waals surface area contributed by atoms with E-state index in [0.29, 0.717) is 12.3 Å². The van der Waals surface area contributed by atoms with Crippen molar-refractivity contribution in [3.8, 4) is 0 Å². The predicted octanol–water partition coefficient (Wildman–Crippen LogP) is 5.72. The summed E-state index contributed by atoms with van der Waals surface area (Å²) in [6, 6.07) is 12.6. The highest BCUT2D eigenvalue weighted by molar-refractivity contribution is 8.00. The summed E-state index contributed by atoms with van der Waals surface area (Å²) in [4.78, 5) is 23.2. The molecular weight excluding hydrogens is 434 g/mol. The van der Waals surface area contributed by atoms with Crippen LogP contribution in [0, 0.1) is 20.8 Å². The molecular formula is C23H30ClN3OS2. The number of nitrogens with zero attached hydrogens (tertiary/aromatic N) is 3. The number of benzene rings is 2. The molecule has 1 heterocycles. The number of aryl methyl sites for hydroxylation is 3. The van der Waals surface area contributed by atoms with Crippen molar-refractivity contribution in [1.82, 2.24) is 9.88 Å². The average Bonchev–Trinajstić information content (AvgIpc) is 3.14. The summed E-state index contributed by atoms with van der Waals surface area (Å²) in [5.74, 6) is 0.530. The lowest BCUT2D eigenvalue weighted by atomic mass is 10.1. The van der Waals surface area contributed by atoms with E-state index in [0.717, 1.165) is 34.1 Å². The fourth-order valence-electron chi connectivity index (χ4n) is 3.09. The van der Waals surface area contributed by atoms with Crippen LogP contribution >= 0.6 is 35.5 Å². The lowest BCUT2D eigenvalue weighted by Crippen LogP contribution is -2.34. The number of thiazole rings is 1. The molecule has 0 aliphatic carbocycles. The highest BCUT2D eigenvalue weighted by Crippen LogP contribution is 2.33. The first-order valence-electron chi connectivity index (χ1n) is 9.86. The molecule has 0 unspecified atom stereocenters. The van der Waals surface area contributed by atoms with Gasteiger partial charge < -0.3 is 4.90 Å². The third-order valence-electron chi connectivity index (χ3n) is 4.83. The van der Waals surface area contributed by atoms with E-state index in [1.54, 1.807) is 23.1 Å². The minimum atomic E-state index is 0. The van der Waals surface area contributed by atoms with E-state index in [1.165, 1.54) is 15.8 Å². The monoisotopic (exact) mass is 463 g/mol. The fourth-order valence-corrected chi connectivity index (χ4v) is 5.02. The van der Waals surface area contributed by atoms with Crippen LogP contribution in [0.4, 0.5) is 5.13 Å². The summed E-state index contributed by atoms with van der Waals surface area (Å²) >= 11 is 3.22. The van der Waals surface area contributed by atoms with E-state index in [9.17, 15) is 4.79 Å². The molecule has 162 valence electrons. The number of carbonyl (C=O) groups is 1. The Morgan fingerprint density at radius 3 is 2.30 bits per heavy atom. The molecule has 0 saturated carbocycles. The maximum atomic E-state index is 13.2. The van der Waals surface area contributed by atoms with E-state index >= 15 is 0 Å². The molecule has 0 radical (unpaired) electrons. The predicted molar refractivity (Wildman–Crippen MR) is 134 cm³/mol. The molecule has 0 spiro atoms. The lowest BCUT2D eigenvalue weighted by molar-refractivity contribution is -0.116. The number of hydrogen-bond donors (Lipinski definition) is 0. The minimum Gasteiger partial charge on any atom is -0.309 e. The largest absolute Gasteiger partial charge is 0.309 e. The lowest BCUT2D eigenvalue weighted by Gasteiger charge is -2.21. The first kappa shape index (κ1) is 24.7. The first-order chi connectivity index (χ1) is 13.8. The summed E-state index contributed by atoms with van der Waals surface area (Å²) in [5, 5.41) is 0.811. The zero-order valence-corrected chi connectivity index (χ0v) is 20.7. The Morgan fingerprint density at radius 2 is 1.67 bits per heavy atom. The van der Waals surface area contributed by atoms with Gasteiger partial charge >= 0.3 is 0 Å². The molecule has 0 atom stereocenters. The van der Waals surface area contributed by atoms with Crippen LogP contribution in [0.1, 0.15) is 23.1 Å². The highest BCUT2D eigenvalue weighted by Gasteiger charge is 2.21. The number of rotatable bonds is 8. The van der Waals surface area contributed by atoms with Gasteiger partial charge in [0.15, 0.2) is 5.13 Å². The number of halogens is 1. The van der Waals surface area contributed by atoms with Gasteiger partial charge in [-0.15, -0.1) is 24.2 Å². The van der Waals surface area contributed by atoms with Gasteiger partial charge in [0, 0.05) is 11.4 Å². The normalized spacial score (nSPS) is 11.0. The Labute approximate surface area is 194 Å². The van der Waals surface area contributed by atoms with Crippen LogP contribution in [0.5, 0.6) is 0 Å². The molecule has 1 aromatic heterocycles. The number of thioether (sulfide) groups is 1. The van der Waals surface area contributed by atoms with E-state index < -0.39 is 0 Å². The quantitative estimate of drug-likeness (QED) is 0.400. The third kappa shape index (κ3) is 6.20. The smallest absolute Gasteiger partial charge is 0.239 e. The summed E-state index contributed by atoms with van der Waals surface area (Å²) < 4.78 is 1.18. The van der Waals surface area contributed by atoms with Crippen LogP contribution in [0.25, 0.3) is 10.2 Å². The topological polar surface area (TPSA) is 36.4 Å². The van der Waals surface area contributed by atoms with Crippen molar-refractivity contribution in [3.63, 3.8) is 0 Å². The zero-order valence-electron chi connectivity index (χ0n) is 18.3. The van der Waals surface area contributed by atoms with Crippen molar-refractivity contribution in [2.45, 2.75) is 32.1 Å². The van der Waals surface area contributed by atoms with E-state index in [-0.39, 0.29) is 18.3 Å². The molecule has 0 N–H and O–H groups in total. The van der Waals surface area contributed by atoms with Crippen LogP contribution in [0.2, 0.25) is 0 Å². The number of fused-ring (bicyclic) bond motifs is 1. The standard InChI is InChI=1S/C23H29N3OS2.ClH/c1-16-7-11-19(12-8-16)28-15-20(27)26(14-6-13-25(4)5)23-24-21-17(2)9-10-18(3)22(21)29-23;/h7-12H,6,13-15H2,1-5H3;1H. The van der Waals surface area contributed by atoms with Gasteiger partial charge in [0.25, 0.3) is 0 Å². The van der Waals surface area contributed by atoms with Crippen molar-refractivity contribution in [2.75, 3.05) is 37.8 Å². The number of amides is 1. The Bertz CT molecular complexity index is 947. The van der Waals surface area contributed by atoms with Gasteiger partial charge in [0.05, 0.1) is 16.0 Å². The van der Waals surface area contributed by atoms with Crippen molar-refractivity contribution >= 4 is 56.8 Å². The van der Waals surface area contributed by atoms with Crippen molar-refractivity contribution in [2.24, 2.45) is 0 Å². The SMILES string of the molecule is Cc1ccc(SCC(=O)N(CCCN(C)C)c2nc3c(C)ccc(C)c3s2)cc1.Cl. The van der Waals surface area contributed by atoms with Crippen molar-refractivity contribution in [1.29, 1.82) is 0 Å². The summed E-state index contributed by atoms with van der Waals surface area (Å²) in [6.45, 7) is 7.89. The molecule has 0 aliphatic rings. The number of aromatic nitrogens is 1. The van der Waals surface area contributed by atoms with Crippen LogP contribution in [-0.4, -0.2) is 48.7 Å². The van der Waals surface area contributed by atoms with Gasteiger partial charge in [-0.3, -0.25) is 9.69 Å². The van der Waals surface area contributed by atoms with E-state index in [2.05, 4.69) is 76.2 Å². The van der Waals surface area contributed by atoms with Crippen molar-refractivity contribution in [3.05, 3.63) is 53.1 Å². The molecule has 30 heavy (non-hydrogen) atoms. The Kier molecular flexibility index (Phi) is 9.16. The highest BCUT2D eigenvalue weighted by atomic mass is 35.5. The van der Waals surface area contributed by atoms with Crippen molar-refractivity contribution < 1.29 is 4.79 Å². The Balaban J connectivity index is 0.00000320. The number of hydrogen-bond acceptors (Lipinski definition) is 5. The second-order valence-corrected chi connectivity index (χ2v) is 9.70. The van der Waals surface area contributed by atoms with Gasteiger partial charge in [0.1, 0.15) is 0 Å². The van der Waals surface area contributed by atoms with Crippen LogP contribution in [0.3, 0.4) is 0 Å². The molecule has 4 nitrogen and oxygen atoms in total. The zero-order chi connectivity index (χ0) is 21.0. The van der Waals surface area contributed by atoms with Crippen LogP contribution in [0.15, 0.2) is 41.3 Å². The van der Waals surface area contributed by atoms with Gasteiger partial charge in [-0.1, -0.05) is 41.2 Å². The van der Waals surface area contributed by atoms with Crippen LogP contribution in [-0.2, 0) is 4.79 Å². The molecule has 0 saturated heterocycles. The summed E-state index contributed by atoms with van der Waals surface area (Å²) in [7, 11) is 4.12. The third-order valence-corrected chi connectivity index (χ3v) is 7.04. The number of anilines is 1. The molecule has 7 heteroatoms. The Hall–Kier alpha value is -1.60. The van der Waals surface area contributed by atoms with E-state index in [4.69, 9.17) is 4.98 Å². The summed E-state index contributed by atoms with van der Waals surface area (Å²) in [6.07, 6.45) is 0.918. The average molecular weight is 464 g/mol. The molecule has 0 fully saturated rings. The molecule has 0 bridgehead atoms. The van der Waals surface area contributed by atoms with Gasteiger partial charge in [0.2, 0.25) is 5.91 Å². The second kappa shape index (κ2) is 11.1. The van der Waals surface area contributed by atoms with Crippen LogP contribution < -0.4 is 4.90 Å². The number of carbonyl (C=O) groups excluding carboxylic acids is 1. The summed E-state index contributed by atoms with van der Waals surface area (Å²) in [5.41, 5.74) is 4.61. The van der Waals surface area contributed by atoms with Gasteiger partial charge in [-0.2, -0.15) is 0 Å².